The zero-order valence-electron chi connectivity index (χ0n) is 11.0. The maximum atomic E-state index is 14.2. The fourth-order valence-electron chi connectivity index (χ4n) is 2.13. The monoisotopic (exact) mass is 419 g/mol. The van der Waals surface area contributed by atoms with Crippen LogP contribution < -0.4 is 5.32 Å². The van der Waals surface area contributed by atoms with E-state index in [0.29, 0.717) is 15.1 Å². The second-order valence-electron chi connectivity index (χ2n) is 4.49. The summed E-state index contributed by atoms with van der Waals surface area (Å²) in [5.74, 6) is -0.297. The van der Waals surface area contributed by atoms with Crippen LogP contribution in [0, 0.1) is 12.7 Å². The van der Waals surface area contributed by atoms with Crippen molar-refractivity contribution in [1.29, 1.82) is 0 Å². The maximum Gasteiger partial charge on any atom is 0.129 e. The fraction of sp³-hybridized carbons (Fsp3) is 0.200. The first kappa shape index (κ1) is 16.0. The Kier molecular flexibility index (Phi) is 5.24. The van der Waals surface area contributed by atoms with Crippen LogP contribution in [0.5, 0.6) is 0 Å². The molecule has 2 rings (SSSR count). The zero-order valence-corrected chi connectivity index (χ0v) is 14.9. The molecule has 0 saturated carbocycles. The highest BCUT2D eigenvalue weighted by atomic mass is 79.9. The molecular weight excluding hydrogens is 408 g/mol. The van der Waals surface area contributed by atoms with Gasteiger partial charge in [0, 0.05) is 14.5 Å². The van der Waals surface area contributed by atoms with Crippen LogP contribution in [0.15, 0.2) is 39.3 Å². The molecule has 106 valence electrons. The number of benzene rings is 2. The van der Waals surface area contributed by atoms with Crippen LogP contribution in [0.25, 0.3) is 0 Å². The van der Waals surface area contributed by atoms with E-state index in [1.54, 1.807) is 13.1 Å². The molecule has 0 aromatic heterocycles. The molecule has 1 N–H and O–H groups in total. The minimum absolute atomic E-state index is 0.269. The third kappa shape index (κ3) is 3.08. The molecule has 0 aliphatic carbocycles. The third-order valence-corrected chi connectivity index (χ3v) is 5.45. The van der Waals surface area contributed by atoms with E-state index >= 15 is 0 Å². The first-order chi connectivity index (χ1) is 9.45. The second kappa shape index (κ2) is 6.56. The summed E-state index contributed by atoms with van der Waals surface area (Å²) in [5, 5.41) is 3.64. The lowest BCUT2D eigenvalue weighted by Gasteiger charge is -2.21. The molecule has 1 atom stereocenters. The molecule has 2 aromatic rings. The zero-order chi connectivity index (χ0) is 14.9. The Hall–Kier alpha value is -0.420. The SMILES string of the molecule is CNC(c1cc(Cl)c(Br)cc1F)c1cccc(C)c1Br. The van der Waals surface area contributed by atoms with E-state index in [-0.39, 0.29) is 11.9 Å². The molecule has 0 heterocycles. The predicted octanol–water partition coefficient (Wildman–Crippen LogP) is 5.62. The van der Waals surface area contributed by atoms with Crippen LogP contribution >= 0.6 is 43.5 Å². The van der Waals surface area contributed by atoms with Gasteiger partial charge in [-0.2, -0.15) is 0 Å². The van der Waals surface area contributed by atoms with Gasteiger partial charge in [-0.05, 0) is 53.2 Å². The highest BCUT2D eigenvalue weighted by Gasteiger charge is 2.20. The van der Waals surface area contributed by atoms with Crippen molar-refractivity contribution in [2.75, 3.05) is 7.05 Å². The van der Waals surface area contributed by atoms with Crippen molar-refractivity contribution in [3.63, 3.8) is 0 Å². The fourth-order valence-corrected chi connectivity index (χ4v) is 3.11. The van der Waals surface area contributed by atoms with Gasteiger partial charge in [0.1, 0.15) is 5.82 Å². The van der Waals surface area contributed by atoms with E-state index in [1.807, 2.05) is 25.1 Å². The average molecular weight is 422 g/mol. The minimum atomic E-state index is -0.297. The molecular formula is C15H13Br2ClFN. The molecule has 0 aliphatic rings. The summed E-state index contributed by atoms with van der Waals surface area (Å²) >= 11 is 12.9. The first-order valence-electron chi connectivity index (χ1n) is 6.02. The molecule has 0 spiro atoms. The van der Waals surface area contributed by atoms with E-state index in [9.17, 15) is 4.39 Å². The Morgan fingerprint density at radius 3 is 2.55 bits per heavy atom. The van der Waals surface area contributed by atoms with Gasteiger partial charge in [-0.25, -0.2) is 4.39 Å². The van der Waals surface area contributed by atoms with Crippen LogP contribution in [-0.2, 0) is 0 Å². The largest absolute Gasteiger partial charge is 0.309 e. The molecule has 1 nitrogen and oxygen atoms in total. The van der Waals surface area contributed by atoms with Gasteiger partial charge in [-0.1, -0.05) is 45.7 Å². The summed E-state index contributed by atoms with van der Waals surface area (Å²) in [6.45, 7) is 2.01. The lowest BCUT2D eigenvalue weighted by atomic mass is 9.97. The van der Waals surface area contributed by atoms with Crippen molar-refractivity contribution < 1.29 is 4.39 Å². The Morgan fingerprint density at radius 1 is 1.20 bits per heavy atom. The van der Waals surface area contributed by atoms with E-state index in [0.717, 1.165) is 15.6 Å². The van der Waals surface area contributed by atoms with Crippen molar-refractivity contribution in [2.45, 2.75) is 13.0 Å². The standard InChI is InChI=1S/C15H13Br2ClFN/c1-8-4-3-5-9(14(8)17)15(20-2)10-6-12(18)11(16)7-13(10)19/h3-7,15,20H,1-2H3. The van der Waals surface area contributed by atoms with Crippen LogP contribution in [-0.4, -0.2) is 7.05 Å². The molecule has 2 aromatic carbocycles. The molecule has 0 amide bonds. The topological polar surface area (TPSA) is 12.0 Å². The highest BCUT2D eigenvalue weighted by Crippen LogP contribution is 2.35. The Balaban J connectivity index is 2.58. The van der Waals surface area contributed by atoms with Crippen molar-refractivity contribution >= 4 is 43.5 Å². The number of hydrogen-bond acceptors (Lipinski definition) is 1. The minimum Gasteiger partial charge on any atom is -0.309 e. The molecule has 0 aliphatic heterocycles. The van der Waals surface area contributed by atoms with Crippen LogP contribution in [0.1, 0.15) is 22.7 Å². The van der Waals surface area contributed by atoms with Gasteiger partial charge in [0.25, 0.3) is 0 Å². The molecule has 20 heavy (non-hydrogen) atoms. The first-order valence-corrected chi connectivity index (χ1v) is 7.98. The second-order valence-corrected chi connectivity index (χ2v) is 6.54. The molecule has 1 unspecified atom stereocenters. The Labute approximate surface area is 139 Å². The van der Waals surface area contributed by atoms with Crippen LogP contribution in [0.2, 0.25) is 5.02 Å². The van der Waals surface area contributed by atoms with E-state index < -0.39 is 0 Å². The van der Waals surface area contributed by atoms with Gasteiger partial charge in [0.15, 0.2) is 0 Å². The van der Waals surface area contributed by atoms with Crippen molar-refractivity contribution in [3.8, 4) is 0 Å². The molecule has 0 fully saturated rings. The van der Waals surface area contributed by atoms with Gasteiger partial charge in [-0.3, -0.25) is 0 Å². The van der Waals surface area contributed by atoms with Crippen LogP contribution in [0.3, 0.4) is 0 Å². The van der Waals surface area contributed by atoms with Crippen molar-refractivity contribution in [1.82, 2.24) is 5.32 Å². The lowest BCUT2D eigenvalue weighted by molar-refractivity contribution is 0.574. The third-order valence-electron chi connectivity index (χ3n) is 3.17. The predicted molar refractivity (Wildman–Crippen MR) is 88.9 cm³/mol. The Bertz CT molecular complexity index is 646. The van der Waals surface area contributed by atoms with Crippen molar-refractivity contribution in [2.24, 2.45) is 0 Å². The van der Waals surface area contributed by atoms with Gasteiger partial charge < -0.3 is 5.32 Å². The van der Waals surface area contributed by atoms with Gasteiger partial charge in [0.05, 0.1) is 11.1 Å². The molecule has 0 bridgehead atoms. The number of hydrogen-bond donors (Lipinski definition) is 1. The number of halogens is 4. The summed E-state index contributed by atoms with van der Waals surface area (Å²) < 4.78 is 15.8. The van der Waals surface area contributed by atoms with Gasteiger partial charge >= 0.3 is 0 Å². The van der Waals surface area contributed by atoms with E-state index in [1.165, 1.54) is 6.07 Å². The van der Waals surface area contributed by atoms with E-state index in [2.05, 4.69) is 37.2 Å². The van der Waals surface area contributed by atoms with Crippen LogP contribution in [0.4, 0.5) is 4.39 Å². The molecule has 5 heteroatoms. The summed E-state index contributed by atoms with van der Waals surface area (Å²) in [5.41, 5.74) is 2.60. The molecule has 0 radical (unpaired) electrons. The van der Waals surface area contributed by atoms with E-state index in [4.69, 9.17) is 11.6 Å². The lowest BCUT2D eigenvalue weighted by Crippen LogP contribution is -2.19. The number of nitrogens with one attached hydrogen (secondary N) is 1. The normalized spacial score (nSPS) is 12.5. The summed E-state index contributed by atoms with van der Waals surface area (Å²) in [7, 11) is 1.80. The number of aryl methyl sites for hydroxylation is 1. The van der Waals surface area contributed by atoms with Gasteiger partial charge in [0.2, 0.25) is 0 Å². The smallest absolute Gasteiger partial charge is 0.129 e. The highest BCUT2D eigenvalue weighted by molar-refractivity contribution is 9.10. The number of rotatable bonds is 3. The maximum absolute atomic E-state index is 14.2. The van der Waals surface area contributed by atoms with Crippen molar-refractivity contribution in [3.05, 3.63) is 66.8 Å². The quantitative estimate of drug-likeness (QED) is 0.634. The van der Waals surface area contributed by atoms with Gasteiger partial charge in [-0.15, -0.1) is 0 Å². The summed E-state index contributed by atoms with van der Waals surface area (Å²) in [6, 6.07) is 8.70. The molecule has 0 saturated heterocycles. The summed E-state index contributed by atoms with van der Waals surface area (Å²) in [4.78, 5) is 0. The Morgan fingerprint density at radius 2 is 1.90 bits per heavy atom. The summed E-state index contributed by atoms with van der Waals surface area (Å²) in [6.07, 6.45) is 0. The average Bonchev–Trinajstić information content (AvgIpc) is 2.41.